The van der Waals surface area contributed by atoms with Crippen LogP contribution in [-0.4, -0.2) is 22.6 Å². The lowest BCUT2D eigenvalue weighted by Crippen LogP contribution is -2.27. The summed E-state index contributed by atoms with van der Waals surface area (Å²) in [5.74, 6) is -1.12. The van der Waals surface area contributed by atoms with Gasteiger partial charge in [0.25, 0.3) is 0 Å². The zero-order chi connectivity index (χ0) is 13.8. The van der Waals surface area contributed by atoms with Crippen LogP contribution in [0, 0.1) is 18.3 Å². The smallest absolute Gasteiger partial charge is 0.308 e. The molecule has 1 heterocycles. The number of carboxylic acid groups (broad SMARTS) is 1. The molecule has 0 aliphatic heterocycles. The number of aromatic nitrogens is 1. The van der Waals surface area contributed by atoms with Crippen molar-refractivity contribution in [3.8, 4) is 0 Å². The average Bonchev–Trinajstić information content (AvgIpc) is 2.24. The Labute approximate surface area is 108 Å². The van der Waals surface area contributed by atoms with E-state index in [0.29, 0.717) is 13.0 Å². The van der Waals surface area contributed by atoms with E-state index in [4.69, 9.17) is 0 Å². The van der Waals surface area contributed by atoms with Gasteiger partial charge >= 0.3 is 5.97 Å². The van der Waals surface area contributed by atoms with Crippen LogP contribution in [0.25, 0.3) is 0 Å². The number of aliphatic carboxylic acids is 1. The zero-order valence-electron chi connectivity index (χ0n) is 11.5. The van der Waals surface area contributed by atoms with Crippen LogP contribution >= 0.6 is 0 Å². The lowest BCUT2D eigenvalue weighted by molar-refractivity contribution is -0.142. The standard InChI is InChI=1S/C14H22N2O2/c1-10-8-15-6-5-12(10)16-9-11(13(17)18)7-14(2,3)4/h5-6,8,11H,7,9H2,1-4H3,(H,15,16)(H,17,18). The monoisotopic (exact) mass is 250 g/mol. The molecule has 0 radical (unpaired) electrons. The van der Waals surface area contributed by atoms with Crippen molar-refractivity contribution in [2.24, 2.45) is 11.3 Å². The van der Waals surface area contributed by atoms with E-state index in [-0.39, 0.29) is 11.3 Å². The Morgan fingerprint density at radius 3 is 2.67 bits per heavy atom. The molecule has 0 bridgehead atoms. The molecule has 0 amide bonds. The Morgan fingerprint density at radius 2 is 2.17 bits per heavy atom. The van der Waals surface area contributed by atoms with Crippen molar-refractivity contribution in [2.45, 2.75) is 34.1 Å². The Balaban J connectivity index is 2.64. The summed E-state index contributed by atoms with van der Waals surface area (Å²) in [6.07, 6.45) is 4.12. The van der Waals surface area contributed by atoms with E-state index in [1.54, 1.807) is 12.4 Å². The van der Waals surface area contributed by atoms with Gasteiger partial charge in [-0.25, -0.2) is 0 Å². The Bertz CT molecular complexity index is 411. The highest BCUT2D eigenvalue weighted by atomic mass is 16.4. The van der Waals surface area contributed by atoms with Gasteiger partial charge in [0.1, 0.15) is 0 Å². The number of nitrogens with zero attached hydrogens (tertiary/aromatic N) is 1. The maximum atomic E-state index is 11.2. The van der Waals surface area contributed by atoms with Crippen LogP contribution in [0.3, 0.4) is 0 Å². The second-order valence-corrected chi connectivity index (χ2v) is 5.87. The van der Waals surface area contributed by atoms with Crippen LogP contribution in [-0.2, 0) is 4.79 Å². The van der Waals surface area contributed by atoms with Crippen molar-refractivity contribution in [2.75, 3.05) is 11.9 Å². The summed E-state index contributed by atoms with van der Waals surface area (Å²) in [6, 6.07) is 1.87. The zero-order valence-corrected chi connectivity index (χ0v) is 11.5. The molecule has 1 rings (SSSR count). The molecular weight excluding hydrogens is 228 g/mol. The minimum Gasteiger partial charge on any atom is -0.481 e. The number of rotatable bonds is 5. The predicted octanol–water partition coefficient (Wildman–Crippen LogP) is 2.94. The molecule has 18 heavy (non-hydrogen) atoms. The van der Waals surface area contributed by atoms with E-state index in [9.17, 15) is 9.90 Å². The number of hydrogen-bond acceptors (Lipinski definition) is 3. The van der Waals surface area contributed by atoms with Gasteiger partial charge in [-0.1, -0.05) is 20.8 Å². The Hall–Kier alpha value is -1.58. The minimum absolute atomic E-state index is 0.0119. The van der Waals surface area contributed by atoms with Gasteiger partial charge in [-0.2, -0.15) is 0 Å². The molecular formula is C14H22N2O2. The SMILES string of the molecule is Cc1cnccc1NCC(CC(C)(C)C)C(=O)O. The quantitative estimate of drug-likeness (QED) is 0.843. The van der Waals surface area contributed by atoms with Crippen molar-refractivity contribution in [1.82, 2.24) is 4.98 Å². The van der Waals surface area contributed by atoms with Gasteiger partial charge in [-0.3, -0.25) is 9.78 Å². The number of carboxylic acids is 1. The third-order valence-electron chi connectivity index (χ3n) is 2.77. The molecule has 2 N–H and O–H groups in total. The van der Waals surface area contributed by atoms with E-state index >= 15 is 0 Å². The van der Waals surface area contributed by atoms with E-state index in [0.717, 1.165) is 11.3 Å². The van der Waals surface area contributed by atoms with Gasteiger partial charge in [-0.05, 0) is 30.4 Å². The highest BCUT2D eigenvalue weighted by Gasteiger charge is 2.24. The summed E-state index contributed by atoms with van der Waals surface area (Å²) in [4.78, 5) is 15.2. The lowest BCUT2D eigenvalue weighted by Gasteiger charge is -2.24. The lowest BCUT2D eigenvalue weighted by atomic mass is 9.84. The summed E-state index contributed by atoms with van der Waals surface area (Å²) >= 11 is 0. The first-order valence-corrected chi connectivity index (χ1v) is 6.17. The highest BCUT2D eigenvalue weighted by molar-refractivity contribution is 5.71. The Morgan fingerprint density at radius 1 is 1.50 bits per heavy atom. The molecule has 1 aromatic heterocycles. The van der Waals surface area contributed by atoms with Crippen LogP contribution < -0.4 is 5.32 Å². The van der Waals surface area contributed by atoms with Crippen LogP contribution in [0.5, 0.6) is 0 Å². The number of pyridine rings is 1. The maximum absolute atomic E-state index is 11.2. The van der Waals surface area contributed by atoms with Crippen LogP contribution in [0.4, 0.5) is 5.69 Å². The van der Waals surface area contributed by atoms with Crippen molar-refractivity contribution in [3.05, 3.63) is 24.0 Å². The molecule has 0 saturated heterocycles. The molecule has 1 aromatic rings. The van der Waals surface area contributed by atoms with E-state index in [1.807, 2.05) is 13.0 Å². The fourth-order valence-corrected chi connectivity index (χ4v) is 1.89. The van der Waals surface area contributed by atoms with Crippen molar-refractivity contribution < 1.29 is 9.90 Å². The van der Waals surface area contributed by atoms with Crippen LogP contribution in [0.2, 0.25) is 0 Å². The minimum atomic E-state index is -0.746. The topological polar surface area (TPSA) is 62.2 Å². The molecule has 1 unspecified atom stereocenters. The van der Waals surface area contributed by atoms with Crippen LogP contribution in [0.15, 0.2) is 18.5 Å². The normalized spacial score (nSPS) is 13.1. The van der Waals surface area contributed by atoms with Gasteiger partial charge in [0.2, 0.25) is 0 Å². The van der Waals surface area contributed by atoms with E-state index in [2.05, 4.69) is 31.1 Å². The maximum Gasteiger partial charge on any atom is 0.308 e. The number of hydrogen-bond donors (Lipinski definition) is 2. The molecule has 0 aliphatic carbocycles. The molecule has 0 saturated carbocycles. The van der Waals surface area contributed by atoms with Gasteiger partial charge in [-0.15, -0.1) is 0 Å². The van der Waals surface area contributed by atoms with Gasteiger partial charge in [0, 0.05) is 24.6 Å². The summed E-state index contributed by atoms with van der Waals surface area (Å²) in [7, 11) is 0. The highest BCUT2D eigenvalue weighted by Crippen LogP contribution is 2.25. The average molecular weight is 250 g/mol. The van der Waals surface area contributed by atoms with E-state index in [1.165, 1.54) is 0 Å². The summed E-state index contributed by atoms with van der Waals surface area (Å²) in [5.41, 5.74) is 1.99. The molecule has 0 spiro atoms. The molecule has 1 atom stereocenters. The number of aryl methyl sites for hydroxylation is 1. The fraction of sp³-hybridized carbons (Fsp3) is 0.571. The van der Waals surface area contributed by atoms with Crippen molar-refractivity contribution in [3.63, 3.8) is 0 Å². The second kappa shape index (κ2) is 5.85. The largest absolute Gasteiger partial charge is 0.481 e. The fourth-order valence-electron chi connectivity index (χ4n) is 1.89. The Kier molecular flexibility index (Phi) is 4.70. The third kappa shape index (κ3) is 4.73. The van der Waals surface area contributed by atoms with Gasteiger partial charge in [0.15, 0.2) is 0 Å². The molecule has 0 aromatic carbocycles. The molecule has 4 nitrogen and oxygen atoms in total. The summed E-state index contributed by atoms with van der Waals surface area (Å²) in [5, 5.41) is 12.4. The van der Waals surface area contributed by atoms with Crippen LogP contribution in [0.1, 0.15) is 32.8 Å². The van der Waals surface area contributed by atoms with E-state index < -0.39 is 5.97 Å². The van der Waals surface area contributed by atoms with Crippen molar-refractivity contribution in [1.29, 1.82) is 0 Å². The molecule has 100 valence electrons. The van der Waals surface area contributed by atoms with Gasteiger partial charge < -0.3 is 10.4 Å². The number of carbonyl (C=O) groups is 1. The number of anilines is 1. The first-order valence-electron chi connectivity index (χ1n) is 6.17. The third-order valence-corrected chi connectivity index (χ3v) is 2.77. The predicted molar refractivity (Wildman–Crippen MR) is 72.7 cm³/mol. The van der Waals surface area contributed by atoms with Crippen molar-refractivity contribution >= 4 is 11.7 Å². The summed E-state index contributed by atoms with van der Waals surface area (Å²) in [6.45, 7) is 8.56. The second-order valence-electron chi connectivity index (χ2n) is 5.87. The van der Waals surface area contributed by atoms with Gasteiger partial charge in [0.05, 0.1) is 5.92 Å². The first-order chi connectivity index (χ1) is 8.29. The molecule has 0 aliphatic rings. The first kappa shape index (κ1) is 14.5. The molecule has 4 heteroatoms. The number of nitrogens with one attached hydrogen (secondary N) is 1. The molecule has 0 fully saturated rings. The summed E-state index contributed by atoms with van der Waals surface area (Å²) < 4.78 is 0.